The zero-order valence-corrected chi connectivity index (χ0v) is 12.7. The second-order valence-electron chi connectivity index (χ2n) is 5.02. The number of benzene rings is 1. The molecule has 1 aromatic carbocycles. The number of phenolic OH excluding ortho intramolecular Hbond substituents is 1. The fourth-order valence-corrected chi connectivity index (χ4v) is 2.05. The molecule has 0 aliphatic heterocycles. The molecule has 1 aromatic rings. The molecule has 0 aliphatic rings. The maximum Gasteiger partial charge on any atom is 0.220 e. The number of carbonyl (C=O) groups is 1. The van der Waals surface area contributed by atoms with Crippen LogP contribution in [0.5, 0.6) is 11.5 Å². The standard InChI is InChI=1S/C17H25NO3/c1-3-4-5-6-7-8-9-17(20)18-13-14-10-11-15(19)16(12-14)21-2/h3,10-12,19H,1,4-9,13H2,2H3,(H,18,20). The van der Waals surface area contributed by atoms with Gasteiger partial charge in [-0.25, -0.2) is 0 Å². The van der Waals surface area contributed by atoms with Crippen molar-refractivity contribution in [3.8, 4) is 11.5 Å². The number of carbonyl (C=O) groups excluding carboxylic acids is 1. The van der Waals surface area contributed by atoms with E-state index in [2.05, 4.69) is 11.9 Å². The lowest BCUT2D eigenvalue weighted by molar-refractivity contribution is -0.121. The number of hydrogen-bond donors (Lipinski definition) is 2. The molecule has 0 atom stereocenters. The number of rotatable bonds is 10. The second kappa shape index (κ2) is 9.86. The zero-order valence-electron chi connectivity index (χ0n) is 12.7. The first kappa shape index (κ1) is 17.1. The van der Waals surface area contributed by atoms with Crippen molar-refractivity contribution in [3.05, 3.63) is 36.4 Å². The predicted molar refractivity (Wildman–Crippen MR) is 84.4 cm³/mol. The Morgan fingerprint density at radius 2 is 2.10 bits per heavy atom. The van der Waals surface area contributed by atoms with Gasteiger partial charge in [0, 0.05) is 13.0 Å². The monoisotopic (exact) mass is 291 g/mol. The Bertz CT molecular complexity index is 457. The highest BCUT2D eigenvalue weighted by molar-refractivity contribution is 5.75. The SMILES string of the molecule is C=CCCCCCCC(=O)NCc1ccc(O)c(OC)c1. The lowest BCUT2D eigenvalue weighted by Gasteiger charge is -2.08. The van der Waals surface area contributed by atoms with Crippen LogP contribution in [0.1, 0.15) is 44.1 Å². The topological polar surface area (TPSA) is 58.6 Å². The highest BCUT2D eigenvalue weighted by Crippen LogP contribution is 2.26. The van der Waals surface area contributed by atoms with Crippen molar-refractivity contribution in [2.45, 2.75) is 45.1 Å². The highest BCUT2D eigenvalue weighted by atomic mass is 16.5. The van der Waals surface area contributed by atoms with Gasteiger partial charge in [-0.2, -0.15) is 0 Å². The van der Waals surface area contributed by atoms with Gasteiger partial charge in [0.15, 0.2) is 11.5 Å². The van der Waals surface area contributed by atoms with Gasteiger partial charge in [-0.15, -0.1) is 6.58 Å². The molecule has 0 fully saturated rings. The average molecular weight is 291 g/mol. The summed E-state index contributed by atoms with van der Waals surface area (Å²) in [7, 11) is 1.50. The highest BCUT2D eigenvalue weighted by Gasteiger charge is 2.05. The van der Waals surface area contributed by atoms with E-state index in [1.54, 1.807) is 18.2 Å². The van der Waals surface area contributed by atoms with Crippen molar-refractivity contribution in [3.63, 3.8) is 0 Å². The van der Waals surface area contributed by atoms with Gasteiger partial charge >= 0.3 is 0 Å². The van der Waals surface area contributed by atoms with Crippen LogP contribution < -0.4 is 10.1 Å². The summed E-state index contributed by atoms with van der Waals surface area (Å²) >= 11 is 0. The molecular formula is C17H25NO3. The smallest absolute Gasteiger partial charge is 0.220 e. The van der Waals surface area contributed by atoms with E-state index in [0.29, 0.717) is 18.7 Å². The third-order valence-corrected chi connectivity index (χ3v) is 3.30. The minimum Gasteiger partial charge on any atom is -0.504 e. The summed E-state index contributed by atoms with van der Waals surface area (Å²) in [6, 6.07) is 5.07. The van der Waals surface area contributed by atoms with Gasteiger partial charge in [0.25, 0.3) is 0 Å². The molecule has 0 saturated carbocycles. The predicted octanol–water partition coefficient (Wildman–Crippen LogP) is 3.54. The van der Waals surface area contributed by atoms with Gasteiger partial charge in [0.05, 0.1) is 7.11 Å². The lowest BCUT2D eigenvalue weighted by atomic mass is 10.1. The van der Waals surface area contributed by atoms with Gasteiger partial charge < -0.3 is 15.2 Å². The number of methoxy groups -OCH3 is 1. The lowest BCUT2D eigenvalue weighted by Crippen LogP contribution is -2.22. The molecule has 2 N–H and O–H groups in total. The van der Waals surface area contributed by atoms with Crippen LogP contribution in [0.25, 0.3) is 0 Å². The van der Waals surface area contributed by atoms with Crippen LogP contribution in [0.2, 0.25) is 0 Å². The molecule has 0 saturated heterocycles. The van der Waals surface area contributed by atoms with E-state index in [9.17, 15) is 9.90 Å². The van der Waals surface area contributed by atoms with Crippen LogP contribution >= 0.6 is 0 Å². The van der Waals surface area contributed by atoms with Crippen molar-refractivity contribution in [1.29, 1.82) is 0 Å². The molecule has 21 heavy (non-hydrogen) atoms. The Labute approximate surface area is 126 Å². The summed E-state index contributed by atoms with van der Waals surface area (Å²) < 4.78 is 5.03. The van der Waals surface area contributed by atoms with Crippen LogP contribution in [-0.4, -0.2) is 18.1 Å². The van der Waals surface area contributed by atoms with Crippen LogP contribution in [0.3, 0.4) is 0 Å². The van der Waals surface area contributed by atoms with Gasteiger partial charge in [-0.3, -0.25) is 4.79 Å². The van der Waals surface area contributed by atoms with E-state index >= 15 is 0 Å². The second-order valence-corrected chi connectivity index (χ2v) is 5.02. The van der Waals surface area contributed by atoms with Gasteiger partial charge in [-0.1, -0.05) is 25.0 Å². The largest absolute Gasteiger partial charge is 0.504 e. The maximum atomic E-state index is 11.7. The summed E-state index contributed by atoms with van der Waals surface area (Å²) in [5, 5.41) is 12.4. The minimum absolute atomic E-state index is 0.0609. The van der Waals surface area contributed by atoms with Crippen LogP contribution in [0, 0.1) is 0 Å². The fraction of sp³-hybridized carbons (Fsp3) is 0.471. The molecule has 4 nitrogen and oxygen atoms in total. The Morgan fingerprint density at radius 1 is 1.33 bits per heavy atom. The Morgan fingerprint density at radius 3 is 2.81 bits per heavy atom. The van der Waals surface area contributed by atoms with Crippen molar-refractivity contribution in [2.24, 2.45) is 0 Å². The van der Waals surface area contributed by atoms with Crippen molar-refractivity contribution in [2.75, 3.05) is 7.11 Å². The van der Waals surface area contributed by atoms with E-state index in [1.807, 2.05) is 6.08 Å². The summed E-state index contributed by atoms with van der Waals surface area (Å²) in [5.74, 6) is 0.585. The molecule has 1 amide bonds. The van der Waals surface area contributed by atoms with Gasteiger partial charge in [0.1, 0.15) is 0 Å². The maximum absolute atomic E-state index is 11.7. The molecule has 4 heteroatoms. The molecule has 0 heterocycles. The van der Waals surface area contributed by atoms with Crippen molar-refractivity contribution >= 4 is 5.91 Å². The number of phenols is 1. The summed E-state index contributed by atoms with van der Waals surface area (Å²) in [6.45, 7) is 4.14. The first-order chi connectivity index (χ1) is 10.2. The molecule has 0 aromatic heterocycles. The quantitative estimate of drug-likeness (QED) is 0.512. The molecule has 116 valence electrons. The Kier molecular flexibility index (Phi) is 8.02. The first-order valence-electron chi connectivity index (χ1n) is 7.41. The summed E-state index contributed by atoms with van der Waals surface area (Å²) in [6.07, 6.45) is 7.83. The molecule has 1 rings (SSSR count). The van der Waals surface area contributed by atoms with Gasteiger partial charge in [-0.05, 0) is 37.0 Å². The normalized spacial score (nSPS) is 10.1. The number of amides is 1. The van der Waals surface area contributed by atoms with Crippen molar-refractivity contribution in [1.82, 2.24) is 5.32 Å². The first-order valence-corrected chi connectivity index (χ1v) is 7.41. The third kappa shape index (κ3) is 6.84. The fourth-order valence-electron chi connectivity index (χ4n) is 2.05. The van der Waals surface area contributed by atoms with E-state index in [1.165, 1.54) is 7.11 Å². The van der Waals surface area contributed by atoms with E-state index in [-0.39, 0.29) is 11.7 Å². The van der Waals surface area contributed by atoms with Crippen LogP contribution in [0.15, 0.2) is 30.9 Å². The van der Waals surface area contributed by atoms with Gasteiger partial charge in [0.2, 0.25) is 5.91 Å². The minimum atomic E-state index is 0.0609. The number of aromatic hydroxyl groups is 1. The average Bonchev–Trinajstić information content (AvgIpc) is 2.50. The Balaban J connectivity index is 2.22. The molecule has 0 aliphatic carbocycles. The van der Waals surface area contributed by atoms with Crippen LogP contribution in [-0.2, 0) is 11.3 Å². The number of allylic oxidation sites excluding steroid dienone is 1. The van der Waals surface area contributed by atoms with E-state index in [4.69, 9.17) is 4.74 Å². The summed E-state index contributed by atoms with van der Waals surface area (Å²) in [4.78, 5) is 11.7. The van der Waals surface area contributed by atoms with E-state index in [0.717, 1.165) is 37.7 Å². The molecule has 0 radical (unpaired) electrons. The van der Waals surface area contributed by atoms with Crippen LogP contribution in [0.4, 0.5) is 0 Å². The number of ether oxygens (including phenoxy) is 1. The number of hydrogen-bond acceptors (Lipinski definition) is 3. The van der Waals surface area contributed by atoms with E-state index < -0.39 is 0 Å². The molecule has 0 bridgehead atoms. The number of unbranched alkanes of at least 4 members (excludes halogenated alkanes) is 4. The molecule has 0 unspecified atom stereocenters. The molecular weight excluding hydrogens is 266 g/mol. The summed E-state index contributed by atoms with van der Waals surface area (Å²) in [5.41, 5.74) is 0.906. The third-order valence-electron chi connectivity index (χ3n) is 3.30. The van der Waals surface area contributed by atoms with Crippen molar-refractivity contribution < 1.29 is 14.6 Å². The number of nitrogens with one attached hydrogen (secondary N) is 1. The molecule has 0 spiro atoms. The Hall–Kier alpha value is -1.97. The zero-order chi connectivity index (χ0) is 15.5.